The first-order valence-corrected chi connectivity index (χ1v) is 5.38. The van der Waals surface area contributed by atoms with Gasteiger partial charge in [0.2, 0.25) is 6.08 Å². The van der Waals surface area contributed by atoms with Crippen LogP contribution in [-0.4, -0.2) is 23.2 Å². The highest BCUT2D eigenvalue weighted by Crippen LogP contribution is 2.24. The van der Waals surface area contributed by atoms with E-state index in [4.69, 9.17) is 5.21 Å². The molecular formula is C12H12N2O3. The van der Waals surface area contributed by atoms with Crippen LogP contribution >= 0.6 is 0 Å². The number of carbonyl (C=O) groups excluding carboxylic acids is 2. The van der Waals surface area contributed by atoms with Crippen molar-refractivity contribution < 1.29 is 14.8 Å². The van der Waals surface area contributed by atoms with E-state index in [0.29, 0.717) is 12.0 Å². The number of fused-ring (bicyclic) bond motifs is 1. The summed E-state index contributed by atoms with van der Waals surface area (Å²) in [5.41, 5.74) is 4.17. The van der Waals surface area contributed by atoms with Gasteiger partial charge in [0.05, 0.1) is 6.04 Å². The molecule has 2 rings (SSSR count). The summed E-state index contributed by atoms with van der Waals surface area (Å²) in [5.74, 6) is -0.534. The Hall–Kier alpha value is -1.97. The number of nitrogens with zero attached hydrogens (tertiary/aromatic N) is 1. The number of hydroxylamine groups is 1. The summed E-state index contributed by atoms with van der Waals surface area (Å²) in [5, 5.41) is 8.56. The number of amides is 1. The summed E-state index contributed by atoms with van der Waals surface area (Å²) in [4.78, 5) is 25.2. The molecule has 0 aliphatic heterocycles. The molecule has 0 aromatic heterocycles. The van der Waals surface area contributed by atoms with E-state index in [1.54, 1.807) is 23.7 Å². The van der Waals surface area contributed by atoms with Gasteiger partial charge in [0.25, 0.3) is 5.91 Å². The van der Waals surface area contributed by atoms with Crippen LogP contribution in [0, 0.1) is 0 Å². The molecule has 88 valence electrons. The molecule has 1 unspecified atom stereocenters. The van der Waals surface area contributed by atoms with Gasteiger partial charge in [-0.2, -0.15) is 0 Å². The zero-order chi connectivity index (χ0) is 12.3. The second-order valence-corrected chi connectivity index (χ2v) is 4.04. The van der Waals surface area contributed by atoms with Gasteiger partial charge >= 0.3 is 0 Å². The SMILES string of the molecule is O=C=NC1CCc2ccc(C(=O)NO)cc2C1. The van der Waals surface area contributed by atoms with Crippen molar-refractivity contribution in [3.8, 4) is 0 Å². The lowest BCUT2D eigenvalue weighted by molar-refractivity contribution is 0.0706. The average molecular weight is 232 g/mol. The third-order valence-electron chi connectivity index (χ3n) is 3.01. The van der Waals surface area contributed by atoms with E-state index in [2.05, 4.69) is 4.99 Å². The van der Waals surface area contributed by atoms with E-state index in [1.165, 1.54) is 0 Å². The van der Waals surface area contributed by atoms with Crippen molar-refractivity contribution in [2.45, 2.75) is 25.3 Å². The first-order chi connectivity index (χ1) is 8.24. The molecule has 1 aliphatic carbocycles. The average Bonchev–Trinajstić information content (AvgIpc) is 2.37. The fraction of sp³-hybridized carbons (Fsp3) is 0.333. The fourth-order valence-electron chi connectivity index (χ4n) is 2.13. The highest BCUT2D eigenvalue weighted by Gasteiger charge is 2.19. The van der Waals surface area contributed by atoms with Crippen LogP contribution in [0.4, 0.5) is 0 Å². The van der Waals surface area contributed by atoms with Crippen molar-refractivity contribution in [2.75, 3.05) is 0 Å². The minimum Gasteiger partial charge on any atom is -0.288 e. The van der Waals surface area contributed by atoms with E-state index in [-0.39, 0.29) is 6.04 Å². The third-order valence-corrected chi connectivity index (χ3v) is 3.01. The highest BCUT2D eigenvalue weighted by molar-refractivity contribution is 5.93. The van der Waals surface area contributed by atoms with Crippen LogP contribution in [0.15, 0.2) is 23.2 Å². The predicted octanol–water partition coefficient (Wildman–Crippen LogP) is 0.999. The zero-order valence-electron chi connectivity index (χ0n) is 9.14. The number of isocyanates is 1. The third kappa shape index (κ3) is 2.41. The highest BCUT2D eigenvalue weighted by atomic mass is 16.5. The summed E-state index contributed by atoms with van der Waals surface area (Å²) < 4.78 is 0. The molecule has 1 aliphatic rings. The molecule has 0 bridgehead atoms. The summed E-state index contributed by atoms with van der Waals surface area (Å²) in [6.07, 6.45) is 3.88. The first-order valence-electron chi connectivity index (χ1n) is 5.38. The lowest BCUT2D eigenvalue weighted by Crippen LogP contribution is -2.21. The molecule has 2 N–H and O–H groups in total. The number of benzene rings is 1. The van der Waals surface area contributed by atoms with Crippen LogP contribution in [0.25, 0.3) is 0 Å². The topological polar surface area (TPSA) is 78.8 Å². The van der Waals surface area contributed by atoms with E-state index >= 15 is 0 Å². The molecule has 0 fully saturated rings. The maximum Gasteiger partial charge on any atom is 0.274 e. The Balaban J connectivity index is 2.28. The number of rotatable bonds is 2. The van der Waals surface area contributed by atoms with Crippen LogP contribution in [0.5, 0.6) is 0 Å². The monoisotopic (exact) mass is 232 g/mol. The number of aliphatic imine (C=N–C) groups is 1. The van der Waals surface area contributed by atoms with Gasteiger partial charge in [0.15, 0.2) is 0 Å². The van der Waals surface area contributed by atoms with Crippen LogP contribution in [-0.2, 0) is 17.6 Å². The van der Waals surface area contributed by atoms with Crippen LogP contribution < -0.4 is 5.48 Å². The fourth-order valence-corrected chi connectivity index (χ4v) is 2.13. The molecule has 1 amide bonds. The van der Waals surface area contributed by atoms with Crippen LogP contribution in [0.2, 0.25) is 0 Å². The van der Waals surface area contributed by atoms with Crippen LogP contribution in [0.1, 0.15) is 27.9 Å². The summed E-state index contributed by atoms with van der Waals surface area (Å²) in [7, 11) is 0. The first kappa shape index (κ1) is 11.5. The molecule has 0 heterocycles. The molecule has 5 heteroatoms. The van der Waals surface area contributed by atoms with Crippen molar-refractivity contribution in [3.63, 3.8) is 0 Å². The summed E-state index contributed by atoms with van der Waals surface area (Å²) in [6.45, 7) is 0. The van der Waals surface area contributed by atoms with Crippen molar-refractivity contribution in [1.82, 2.24) is 5.48 Å². The Morgan fingerprint density at radius 1 is 1.47 bits per heavy atom. The Bertz CT molecular complexity index is 493. The number of nitrogens with one attached hydrogen (secondary N) is 1. The molecule has 0 radical (unpaired) electrons. The molecule has 0 saturated carbocycles. The number of hydrogen-bond acceptors (Lipinski definition) is 4. The Morgan fingerprint density at radius 2 is 2.29 bits per heavy atom. The molecular weight excluding hydrogens is 220 g/mol. The van der Waals surface area contributed by atoms with Crippen molar-refractivity contribution in [3.05, 3.63) is 34.9 Å². The lowest BCUT2D eigenvalue weighted by Gasteiger charge is -2.20. The summed E-state index contributed by atoms with van der Waals surface area (Å²) in [6, 6.07) is 5.23. The molecule has 0 saturated heterocycles. The lowest BCUT2D eigenvalue weighted by atomic mass is 9.87. The van der Waals surface area contributed by atoms with E-state index in [9.17, 15) is 9.59 Å². The zero-order valence-corrected chi connectivity index (χ0v) is 9.14. The van der Waals surface area contributed by atoms with Gasteiger partial charge in [0.1, 0.15) is 0 Å². The smallest absolute Gasteiger partial charge is 0.274 e. The van der Waals surface area contributed by atoms with Gasteiger partial charge in [-0.05, 0) is 42.5 Å². The van der Waals surface area contributed by atoms with Crippen LogP contribution in [0.3, 0.4) is 0 Å². The number of hydrogen-bond donors (Lipinski definition) is 2. The van der Waals surface area contributed by atoms with E-state index in [1.807, 2.05) is 6.07 Å². The number of aryl methyl sites for hydroxylation is 1. The minimum atomic E-state index is -0.534. The Morgan fingerprint density at radius 3 is 3.00 bits per heavy atom. The Kier molecular flexibility index (Phi) is 3.32. The second-order valence-electron chi connectivity index (χ2n) is 4.04. The van der Waals surface area contributed by atoms with Crippen molar-refractivity contribution in [1.29, 1.82) is 0 Å². The largest absolute Gasteiger partial charge is 0.288 e. The molecule has 17 heavy (non-hydrogen) atoms. The number of carbonyl (C=O) groups is 1. The quantitative estimate of drug-likeness (QED) is 0.345. The van der Waals surface area contributed by atoms with Crippen molar-refractivity contribution >= 4 is 12.0 Å². The predicted molar refractivity (Wildman–Crippen MR) is 59.6 cm³/mol. The van der Waals surface area contributed by atoms with Gasteiger partial charge < -0.3 is 0 Å². The Labute approximate surface area is 98.1 Å². The molecule has 1 atom stereocenters. The normalized spacial score (nSPS) is 17.8. The molecule has 0 spiro atoms. The standard InChI is InChI=1S/C12H12N2O3/c15-7-13-11-4-3-8-1-2-9(12(16)14-17)5-10(8)6-11/h1-2,5,11,17H,3-4,6H2,(H,14,16). The van der Waals surface area contributed by atoms with Crippen molar-refractivity contribution in [2.24, 2.45) is 4.99 Å². The van der Waals surface area contributed by atoms with E-state index < -0.39 is 5.91 Å². The van der Waals surface area contributed by atoms with Gasteiger partial charge in [-0.1, -0.05) is 6.07 Å². The maximum atomic E-state index is 11.3. The molecule has 1 aromatic carbocycles. The summed E-state index contributed by atoms with van der Waals surface area (Å²) >= 11 is 0. The maximum absolute atomic E-state index is 11.3. The van der Waals surface area contributed by atoms with Gasteiger partial charge in [-0.3, -0.25) is 10.0 Å². The second kappa shape index (κ2) is 4.91. The van der Waals surface area contributed by atoms with Gasteiger partial charge in [-0.25, -0.2) is 15.3 Å². The van der Waals surface area contributed by atoms with E-state index in [0.717, 1.165) is 24.0 Å². The molecule has 1 aromatic rings. The van der Waals surface area contributed by atoms with Gasteiger partial charge in [-0.15, -0.1) is 0 Å². The van der Waals surface area contributed by atoms with Gasteiger partial charge in [0, 0.05) is 5.56 Å². The minimum absolute atomic E-state index is 0.0487. The molecule has 5 nitrogen and oxygen atoms in total.